The van der Waals surface area contributed by atoms with E-state index in [1.807, 2.05) is 0 Å². The molecule has 4 rings (SSSR count). The molecule has 4 heterocycles. The van der Waals surface area contributed by atoms with Gasteiger partial charge in [0.15, 0.2) is 11.6 Å². The van der Waals surface area contributed by atoms with Crippen molar-refractivity contribution < 1.29 is 14.2 Å². The van der Waals surface area contributed by atoms with Crippen LogP contribution in [0.3, 0.4) is 0 Å². The van der Waals surface area contributed by atoms with Crippen molar-refractivity contribution in [3.63, 3.8) is 0 Å². The fraction of sp³-hybridized carbons (Fsp3) is 0.636. The van der Waals surface area contributed by atoms with E-state index in [4.69, 9.17) is 14.2 Å². The van der Waals surface area contributed by atoms with Gasteiger partial charge in [-0.05, 0) is 13.8 Å². The molecule has 0 saturated carbocycles. The van der Waals surface area contributed by atoms with Crippen molar-refractivity contribution in [1.29, 1.82) is 0 Å². The lowest BCUT2D eigenvalue weighted by molar-refractivity contribution is 0.0742. The molecule has 2 aromatic heterocycles. The van der Waals surface area contributed by atoms with E-state index in [-0.39, 0.29) is 0 Å². The van der Waals surface area contributed by atoms with Crippen LogP contribution < -0.4 is 29.9 Å². The van der Waals surface area contributed by atoms with Gasteiger partial charge in [-0.25, -0.2) is 19.9 Å². The van der Waals surface area contributed by atoms with Gasteiger partial charge in [0.25, 0.3) is 11.8 Å². The lowest BCUT2D eigenvalue weighted by Crippen LogP contribution is -2.50. The zero-order chi connectivity index (χ0) is 22.9. The number of piperazine rings is 2. The molecule has 0 aliphatic carbocycles. The summed E-state index contributed by atoms with van der Waals surface area (Å²) in [6.45, 7) is 11.4. The summed E-state index contributed by atoms with van der Waals surface area (Å²) in [4.78, 5) is 22.2. The molecule has 2 saturated heterocycles. The van der Waals surface area contributed by atoms with Gasteiger partial charge in [-0.3, -0.25) is 0 Å². The summed E-state index contributed by atoms with van der Waals surface area (Å²) < 4.78 is 17.5. The highest BCUT2D eigenvalue weighted by Crippen LogP contribution is 2.26. The maximum Gasteiger partial charge on any atom is 0.257 e. The second-order valence-corrected chi connectivity index (χ2v) is 8.17. The summed E-state index contributed by atoms with van der Waals surface area (Å²) in [6.07, 6.45) is 6.70. The average Bonchev–Trinajstić information content (AvgIpc) is 2.85. The molecule has 2 aliphatic heterocycles. The molecular formula is C22H34N8O3. The van der Waals surface area contributed by atoms with Crippen LogP contribution in [-0.4, -0.2) is 97.7 Å². The number of nitrogens with one attached hydrogen (secondary N) is 2. The Morgan fingerprint density at radius 2 is 1.18 bits per heavy atom. The van der Waals surface area contributed by atoms with Crippen LogP contribution in [-0.2, 0) is 4.74 Å². The number of anilines is 2. The minimum absolute atomic E-state index is 0.335. The fourth-order valence-electron chi connectivity index (χ4n) is 4.04. The molecule has 11 nitrogen and oxygen atoms in total. The minimum atomic E-state index is 0.335. The van der Waals surface area contributed by atoms with Crippen molar-refractivity contribution in [2.45, 2.75) is 25.9 Å². The van der Waals surface area contributed by atoms with Crippen LogP contribution >= 0.6 is 0 Å². The minimum Gasteiger partial charge on any atom is -0.473 e. The van der Waals surface area contributed by atoms with Crippen LogP contribution in [0, 0.1) is 0 Å². The molecule has 2 aliphatic rings. The van der Waals surface area contributed by atoms with Gasteiger partial charge in [0, 0.05) is 76.1 Å². The first kappa shape index (κ1) is 23.4. The molecule has 11 heteroatoms. The van der Waals surface area contributed by atoms with Gasteiger partial charge in [0.1, 0.15) is 13.2 Å². The first-order valence-corrected chi connectivity index (χ1v) is 11.6. The van der Waals surface area contributed by atoms with E-state index in [2.05, 4.69) is 54.2 Å². The Morgan fingerprint density at radius 1 is 0.727 bits per heavy atom. The summed E-state index contributed by atoms with van der Waals surface area (Å²) in [5.74, 6) is 2.65. The number of hydrogen-bond donors (Lipinski definition) is 2. The van der Waals surface area contributed by atoms with Crippen LogP contribution in [0.2, 0.25) is 0 Å². The van der Waals surface area contributed by atoms with Gasteiger partial charge >= 0.3 is 0 Å². The molecule has 2 atom stereocenters. The molecule has 0 unspecified atom stereocenters. The van der Waals surface area contributed by atoms with E-state index in [0.717, 1.165) is 50.9 Å². The smallest absolute Gasteiger partial charge is 0.257 e. The summed E-state index contributed by atoms with van der Waals surface area (Å²) in [7, 11) is 0. The number of rotatable bonds is 10. The van der Waals surface area contributed by atoms with Gasteiger partial charge in [-0.2, -0.15) is 0 Å². The van der Waals surface area contributed by atoms with E-state index < -0.39 is 0 Å². The largest absolute Gasteiger partial charge is 0.473 e. The Bertz CT molecular complexity index is 804. The van der Waals surface area contributed by atoms with Crippen LogP contribution in [0.25, 0.3) is 0 Å². The lowest BCUT2D eigenvalue weighted by Gasteiger charge is -2.35. The number of aromatic nitrogens is 4. The highest BCUT2D eigenvalue weighted by molar-refractivity contribution is 5.50. The second-order valence-electron chi connectivity index (χ2n) is 8.17. The molecular weight excluding hydrogens is 424 g/mol. The molecule has 0 aromatic carbocycles. The zero-order valence-electron chi connectivity index (χ0n) is 19.4. The van der Waals surface area contributed by atoms with Crippen LogP contribution in [0.15, 0.2) is 24.8 Å². The molecule has 2 N–H and O–H groups in total. The molecule has 0 amide bonds. The fourth-order valence-corrected chi connectivity index (χ4v) is 4.04. The zero-order valence-corrected chi connectivity index (χ0v) is 19.4. The topological polar surface area (TPSA) is 110 Å². The highest BCUT2D eigenvalue weighted by atomic mass is 16.5. The first-order chi connectivity index (χ1) is 16.2. The summed E-state index contributed by atoms with van der Waals surface area (Å²) in [5, 5.41) is 6.77. The van der Waals surface area contributed by atoms with E-state index in [9.17, 15) is 0 Å². The monoisotopic (exact) mass is 458 g/mol. The Hall–Kier alpha value is -2.76. The van der Waals surface area contributed by atoms with Crippen molar-refractivity contribution in [3.05, 3.63) is 24.8 Å². The quantitative estimate of drug-likeness (QED) is 0.481. The molecule has 33 heavy (non-hydrogen) atoms. The molecule has 0 bridgehead atoms. The predicted octanol–water partition coefficient (Wildman–Crippen LogP) is 0.337. The molecule has 0 spiro atoms. The van der Waals surface area contributed by atoms with Crippen LogP contribution in [0.5, 0.6) is 11.8 Å². The number of hydrogen-bond acceptors (Lipinski definition) is 11. The van der Waals surface area contributed by atoms with Gasteiger partial charge in [0.2, 0.25) is 0 Å². The van der Waals surface area contributed by atoms with Gasteiger partial charge in [-0.15, -0.1) is 0 Å². The third-order valence-electron chi connectivity index (χ3n) is 5.77. The predicted molar refractivity (Wildman–Crippen MR) is 125 cm³/mol. The molecule has 2 aromatic rings. The Balaban J connectivity index is 1.20. The highest BCUT2D eigenvalue weighted by Gasteiger charge is 2.24. The van der Waals surface area contributed by atoms with E-state index >= 15 is 0 Å². The third-order valence-corrected chi connectivity index (χ3v) is 5.77. The maximum atomic E-state index is 5.88. The molecule has 0 radical (unpaired) electrons. The number of ether oxygens (including phenoxy) is 3. The van der Waals surface area contributed by atoms with Gasteiger partial charge in [0.05, 0.1) is 13.2 Å². The van der Waals surface area contributed by atoms with Gasteiger partial charge in [-0.1, -0.05) is 0 Å². The summed E-state index contributed by atoms with van der Waals surface area (Å²) in [6, 6.07) is 0.669. The van der Waals surface area contributed by atoms with E-state index in [1.165, 1.54) is 0 Å². The van der Waals surface area contributed by atoms with Gasteiger partial charge < -0.3 is 34.6 Å². The average molecular weight is 459 g/mol. The van der Waals surface area contributed by atoms with Crippen molar-refractivity contribution in [2.75, 3.05) is 75.5 Å². The first-order valence-electron chi connectivity index (χ1n) is 11.6. The Morgan fingerprint density at radius 3 is 1.64 bits per heavy atom. The SMILES string of the molecule is C[C@@H]1CNCCN1c1nccnc1OCCOCCOc1nccnc1N1CCNC[C@H]1C. The lowest BCUT2D eigenvalue weighted by atomic mass is 10.2. The Labute approximate surface area is 194 Å². The van der Waals surface area contributed by atoms with E-state index in [1.54, 1.807) is 24.8 Å². The van der Waals surface area contributed by atoms with Crippen molar-refractivity contribution >= 4 is 11.6 Å². The van der Waals surface area contributed by atoms with Crippen LogP contribution in [0.1, 0.15) is 13.8 Å². The van der Waals surface area contributed by atoms with Crippen LogP contribution in [0.4, 0.5) is 11.6 Å². The third kappa shape index (κ3) is 6.18. The standard InChI is InChI=1S/C22H34N8O3/c1-17-15-23-7-9-29(17)19-21(27-5-3-25-19)32-13-11-31-12-14-33-22-20(26-4-6-28-22)30-10-8-24-16-18(30)2/h3-6,17-18,23-24H,7-16H2,1-2H3/t17-,18-/m1/s1. The maximum absolute atomic E-state index is 5.88. The molecule has 180 valence electrons. The normalized spacial score (nSPS) is 21.2. The van der Waals surface area contributed by atoms with Crippen molar-refractivity contribution in [1.82, 2.24) is 30.6 Å². The number of nitrogens with zero attached hydrogens (tertiary/aromatic N) is 6. The second kappa shape index (κ2) is 11.9. The van der Waals surface area contributed by atoms with Crippen molar-refractivity contribution in [2.24, 2.45) is 0 Å². The van der Waals surface area contributed by atoms with Crippen molar-refractivity contribution in [3.8, 4) is 11.8 Å². The molecule has 2 fully saturated rings. The summed E-state index contributed by atoms with van der Waals surface area (Å²) in [5.41, 5.74) is 0. The summed E-state index contributed by atoms with van der Waals surface area (Å²) >= 11 is 0. The van der Waals surface area contributed by atoms with E-state index in [0.29, 0.717) is 50.3 Å². The Kier molecular flexibility index (Phi) is 8.45.